The molecule has 10 aromatic carbocycles. The summed E-state index contributed by atoms with van der Waals surface area (Å²) < 4.78 is 142. The Bertz CT molecular complexity index is 3970. The molecule has 0 saturated heterocycles. The average molecular weight is 662 g/mol. The van der Waals surface area contributed by atoms with Crippen LogP contribution in [0.1, 0.15) is 20.6 Å². The molecule has 0 atom stereocenters. The molecule has 1 aromatic heterocycles. The van der Waals surface area contributed by atoms with E-state index in [1.807, 2.05) is 78.9 Å². The van der Waals surface area contributed by atoms with Crippen molar-refractivity contribution < 1.29 is 25.0 Å². The van der Waals surface area contributed by atoms with Gasteiger partial charge < -0.3 is 4.42 Å². The lowest BCUT2D eigenvalue weighted by Gasteiger charge is -2.20. The molecule has 0 aliphatic carbocycles. The van der Waals surface area contributed by atoms with Crippen LogP contribution in [0.4, 0.5) is 0 Å². The quantitative estimate of drug-likeness (QED) is 0.172. The molecule has 1 heteroatoms. The summed E-state index contributed by atoms with van der Waals surface area (Å²) in [6.45, 7) is 0. The molecular formula is C50H30O. The van der Waals surface area contributed by atoms with E-state index in [0.717, 1.165) is 32.5 Å². The summed E-state index contributed by atoms with van der Waals surface area (Å²) in [6.07, 6.45) is 0. The zero-order chi connectivity index (χ0) is 46.5. The normalized spacial score (nSPS) is 16.0. The molecule has 11 rings (SSSR count). The number of fused-ring (bicyclic) bond motifs is 9. The molecule has 0 bridgehead atoms. The summed E-state index contributed by atoms with van der Waals surface area (Å²) in [4.78, 5) is 0. The van der Waals surface area contributed by atoms with E-state index in [1.165, 1.54) is 0 Å². The fourth-order valence-electron chi connectivity index (χ4n) is 7.57. The molecule has 0 aliphatic heterocycles. The van der Waals surface area contributed by atoms with Gasteiger partial charge in [-0.05, 0) is 118 Å². The molecule has 236 valence electrons. The second-order valence-corrected chi connectivity index (χ2v) is 12.5. The number of hydrogen-bond acceptors (Lipinski definition) is 1. The first-order valence-electron chi connectivity index (χ1n) is 23.9. The van der Waals surface area contributed by atoms with Gasteiger partial charge in [0.15, 0.2) is 0 Å². The molecule has 0 radical (unpaired) electrons. The van der Waals surface area contributed by atoms with Gasteiger partial charge >= 0.3 is 0 Å². The first-order valence-corrected chi connectivity index (χ1v) is 16.4. The van der Waals surface area contributed by atoms with Crippen LogP contribution < -0.4 is 0 Å². The Morgan fingerprint density at radius 3 is 1.78 bits per heavy atom. The van der Waals surface area contributed by atoms with E-state index in [1.54, 1.807) is 12.1 Å². The van der Waals surface area contributed by atoms with Crippen molar-refractivity contribution in [1.29, 1.82) is 0 Å². The molecule has 0 unspecified atom stereocenters. The second-order valence-electron chi connectivity index (χ2n) is 12.5. The first-order chi connectivity index (χ1) is 31.5. The zero-order valence-electron chi connectivity index (χ0n) is 41.6. The SMILES string of the molecule is [2H]c1c([2H])c([2H])c2c(-c3c4c([2H])c([2H])c([2H])c([2H])c4c(-c4cc(-c5ccc6c(c5)oc5ccc7ccccc7c56)c5ccccc5c4)c4c([2H])c([2H])c([2H])c([2H])c34)c([2H])c([2H])c([2H])c2c1[2H]. The predicted molar refractivity (Wildman–Crippen MR) is 218 cm³/mol. The van der Waals surface area contributed by atoms with Crippen molar-refractivity contribution >= 4 is 75.8 Å². The van der Waals surface area contributed by atoms with Gasteiger partial charge in [0, 0.05) is 10.8 Å². The van der Waals surface area contributed by atoms with Crippen molar-refractivity contribution in [3.05, 3.63) is 182 Å². The Hall–Kier alpha value is -6.70. The van der Waals surface area contributed by atoms with Gasteiger partial charge in [0.05, 0.1) is 20.6 Å². The van der Waals surface area contributed by atoms with Crippen molar-refractivity contribution in [3.8, 4) is 33.4 Å². The highest BCUT2D eigenvalue weighted by molar-refractivity contribution is 6.24. The standard InChI is InChI=1S/C50H30O/c1-4-16-36-31(12-1)15-11-23-39(36)49-42-21-9-7-19-40(42)48(41-20-8-10-22-43(41)49)35-28-33-14-3-5-17-37(33)45(29-35)34-24-26-44-47(30-34)51-46-27-25-32-13-2-6-18-38(32)50(44)46/h1-30H/i1D,4D,7D,8D,9D,10D,11D,12D,15D,16D,19D,20D,21D,22D,23D. The largest absolute Gasteiger partial charge is 0.456 e. The maximum absolute atomic E-state index is 9.55. The highest BCUT2D eigenvalue weighted by Crippen LogP contribution is 2.47. The summed E-state index contributed by atoms with van der Waals surface area (Å²) in [5.41, 5.74) is 2.23. The van der Waals surface area contributed by atoms with E-state index in [2.05, 4.69) is 0 Å². The van der Waals surface area contributed by atoms with Crippen LogP contribution >= 0.6 is 0 Å². The minimum Gasteiger partial charge on any atom is -0.456 e. The van der Waals surface area contributed by atoms with E-state index in [0.29, 0.717) is 27.7 Å². The van der Waals surface area contributed by atoms with Crippen LogP contribution in [0.3, 0.4) is 0 Å². The lowest BCUT2D eigenvalue weighted by molar-refractivity contribution is 0.669. The van der Waals surface area contributed by atoms with Crippen LogP contribution in [-0.4, -0.2) is 0 Å². The zero-order valence-corrected chi connectivity index (χ0v) is 26.6. The minimum atomic E-state index is -0.761. The van der Waals surface area contributed by atoms with Gasteiger partial charge in [-0.25, -0.2) is 0 Å². The molecule has 0 spiro atoms. The maximum atomic E-state index is 9.55. The van der Waals surface area contributed by atoms with Crippen molar-refractivity contribution in [2.45, 2.75) is 0 Å². The highest BCUT2D eigenvalue weighted by Gasteiger charge is 2.20. The van der Waals surface area contributed by atoms with Crippen LogP contribution in [0.15, 0.2) is 186 Å². The molecule has 51 heavy (non-hydrogen) atoms. The van der Waals surface area contributed by atoms with Crippen molar-refractivity contribution in [3.63, 3.8) is 0 Å². The monoisotopic (exact) mass is 661 g/mol. The molecule has 0 fully saturated rings. The van der Waals surface area contributed by atoms with Crippen LogP contribution in [0.5, 0.6) is 0 Å². The Morgan fingerprint density at radius 1 is 0.353 bits per heavy atom. The maximum Gasteiger partial charge on any atom is 0.136 e. The van der Waals surface area contributed by atoms with E-state index >= 15 is 0 Å². The molecular weight excluding hydrogens is 617 g/mol. The highest BCUT2D eigenvalue weighted by atomic mass is 16.3. The Kier molecular flexibility index (Phi) is 3.70. The molecule has 0 N–H and O–H groups in total. The molecule has 0 aliphatic rings. The molecule has 1 heterocycles. The van der Waals surface area contributed by atoms with Crippen LogP contribution in [-0.2, 0) is 0 Å². The Balaban J connectivity index is 1.34. The molecule has 11 aromatic rings. The summed E-state index contributed by atoms with van der Waals surface area (Å²) in [5, 5.41) is 3.59. The van der Waals surface area contributed by atoms with E-state index in [4.69, 9.17) is 18.1 Å². The fourth-order valence-corrected chi connectivity index (χ4v) is 7.57. The van der Waals surface area contributed by atoms with Gasteiger partial charge in [-0.3, -0.25) is 0 Å². The lowest BCUT2D eigenvalue weighted by atomic mass is 9.83. The number of furan rings is 1. The second kappa shape index (κ2) is 10.9. The van der Waals surface area contributed by atoms with E-state index in [-0.39, 0.29) is 32.7 Å². The van der Waals surface area contributed by atoms with Crippen molar-refractivity contribution in [2.24, 2.45) is 0 Å². The summed E-state index contributed by atoms with van der Waals surface area (Å²) in [5.74, 6) is 0. The molecule has 0 saturated carbocycles. The number of hydrogen-bond donors (Lipinski definition) is 0. The Morgan fingerprint density at radius 2 is 1.00 bits per heavy atom. The smallest absolute Gasteiger partial charge is 0.136 e. The van der Waals surface area contributed by atoms with Crippen molar-refractivity contribution in [2.75, 3.05) is 0 Å². The molecule has 1 nitrogen and oxygen atoms in total. The summed E-state index contributed by atoms with van der Waals surface area (Å²) >= 11 is 0. The van der Waals surface area contributed by atoms with Gasteiger partial charge in [-0.1, -0.05) is 151 Å². The van der Waals surface area contributed by atoms with Gasteiger partial charge in [0.1, 0.15) is 11.2 Å². The van der Waals surface area contributed by atoms with Gasteiger partial charge in [0.2, 0.25) is 0 Å². The van der Waals surface area contributed by atoms with Crippen LogP contribution in [0.2, 0.25) is 0 Å². The Labute approximate surface area is 315 Å². The third kappa shape index (κ3) is 4.22. The minimum absolute atomic E-state index is 0.0204. The van der Waals surface area contributed by atoms with E-state index in [9.17, 15) is 6.85 Å². The number of rotatable bonds is 3. The third-order valence-corrected chi connectivity index (χ3v) is 9.76. The average Bonchev–Trinajstić information content (AvgIpc) is 3.71. The van der Waals surface area contributed by atoms with Gasteiger partial charge in [0.25, 0.3) is 0 Å². The molecule has 0 amide bonds. The van der Waals surface area contributed by atoms with Crippen LogP contribution in [0, 0.1) is 0 Å². The fraction of sp³-hybridized carbons (Fsp3) is 0. The van der Waals surface area contributed by atoms with E-state index < -0.39 is 107 Å². The summed E-state index contributed by atoms with van der Waals surface area (Å²) in [6, 6.07) is 18.7. The lowest BCUT2D eigenvalue weighted by Crippen LogP contribution is -1.92. The number of benzene rings is 10. The van der Waals surface area contributed by atoms with Gasteiger partial charge in [-0.15, -0.1) is 0 Å². The summed E-state index contributed by atoms with van der Waals surface area (Å²) in [7, 11) is 0. The van der Waals surface area contributed by atoms with Crippen molar-refractivity contribution in [1.82, 2.24) is 0 Å². The predicted octanol–water partition coefficient (Wildman–Crippen LogP) is 14.4. The van der Waals surface area contributed by atoms with Crippen LogP contribution in [0.25, 0.3) is 109 Å². The van der Waals surface area contributed by atoms with Gasteiger partial charge in [-0.2, -0.15) is 0 Å². The third-order valence-electron chi connectivity index (χ3n) is 9.76. The topological polar surface area (TPSA) is 13.1 Å². The first kappa shape index (κ1) is 17.3.